The van der Waals surface area contributed by atoms with Crippen molar-refractivity contribution in [2.24, 2.45) is 0 Å². The zero-order valence-corrected chi connectivity index (χ0v) is 16.2. The van der Waals surface area contributed by atoms with Gasteiger partial charge >= 0.3 is 0 Å². The Kier molecular flexibility index (Phi) is 6.67. The number of hydrogen-bond donors (Lipinski definition) is 1. The van der Waals surface area contributed by atoms with Crippen molar-refractivity contribution in [1.29, 1.82) is 0 Å². The Bertz CT molecular complexity index is 980. The predicted molar refractivity (Wildman–Crippen MR) is 105 cm³/mol. The summed E-state index contributed by atoms with van der Waals surface area (Å²) in [7, 11) is 1.49. The molecular weight excluding hydrogens is 375 g/mol. The second-order valence-corrected chi connectivity index (χ2v) is 6.08. The summed E-state index contributed by atoms with van der Waals surface area (Å²) in [5, 5.41) is 2.78. The van der Waals surface area contributed by atoms with E-state index in [1.807, 2.05) is 13.0 Å². The van der Waals surface area contributed by atoms with Crippen LogP contribution in [0.15, 0.2) is 48.9 Å². The zero-order valence-electron chi connectivity index (χ0n) is 16.2. The number of carbonyl (C=O) groups is 1. The first-order chi connectivity index (χ1) is 14.1. The maximum absolute atomic E-state index is 13.8. The third-order valence-electron chi connectivity index (χ3n) is 4.15. The first kappa shape index (κ1) is 20.2. The Labute approximate surface area is 167 Å². The maximum Gasteiger partial charge on any atom is 0.251 e. The molecule has 8 heteroatoms. The SMILES string of the molecule is CCOc1ccc(-c2cc(C(=O)NCCc3cc(OC)cnc3F)ccn2)cn1. The summed E-state index contributed by atoms with van der Waals surface area (Å²) in [4.78, 5) is 24.6. The van der Waals surface area contributed by atoms with Gasteiger partial charge in [-0.25, -0.2) is 9.97 Å². The van der Waals surface area contributed by atoms with Gasteiger partial charge in [-0.2, -0.15) is 4.39 Å². The van der Waals surface area contributed by atoms with Gasteiger partial charge in [0, 0.05) is 41.7 Å². The monoisotopic (exact) mass is 396 g/mol. The molecular formula is C21H21FN4O3. The summed E-state index contributed by atoms with van der Waals surface area (Å²) in [5.41, 5.74) is 2.22. The minimum absolute atomic E-state index is 0.257. The highest BCUT2D eigenvalue weighted by molar-refractivity contribution is 5.95. The van der Waals surface area contributed by atoms with E-state index in [9.17, 15) is 9.18 Å². The highest BCUT2D eigenvalue weighted by atomic mass is 19.1. The summed E-state index contributed by atoms with van der Waals surface area (Å²) < 4.78 is 24.1. The van der Waals surface area contributed by atoms with Crippen LogP contribution >= 0.6 is 0 Å². The van der Waals surface area contributed by atoms with Crippen LogP contribution in [0.4, 0.5) is 4.39 Å². The van der Waals surface area contributed by atoms with Crippen LogP contribution < -0.4 is 14.8 Å². The molecule has 1 amide bonds. The van der Waals surface area contributed by atoms with Crippen molar-refractivity contribution in [3.05, 3.63) is 66.0 Å². The van der Waals surface area contributed by atoms with Crippen LogP contribution in [-0.4, -0.2) is 41.1 Å². The number of rotatable bonds is 8. The third kappa shape index (κ3) is 5.25. The quantitative estimate of drug-likeness (QED) is 0.589. The molecule has 0 saturated carbocycles. The summed E-state index contributed by atoms with van der Waals surface area (Å²) in [6.45, 7) is 2.68. The lowest BCUT2D eigenvalue weighted by atomic mass is 10.1. The lowest BCUT2D eigenvalue weighted by Gasteiger charge is -2.08. The van der Waals surface area contributed by atoms with Gasteiger partial charge in [0.2, 0.25) is 11.8 Å². The van der Waals surface area contributed by atoms with E-state index in [4.69, 9.17) is 9.47 Å². The topological polar surface area (TPSA) is 86.2 Å². The molecule has 3 aromatic rings. The van der Waals surface area contributed by atoms with Crippen LogP contribution in [0, 0.1) is 5.95 Å². The van der Waals surface area contributed by atoms with Crippen LogP contribution in [-0.2, 0) is 6.42 Å². The molecule has 0 fully saturated rings. The predicted octanol–water partition coefficient (Wildman–Crippen LogP) is 3.06. The maximum atomic E-state index is 13.8. The number of halogens is 1. The van der Waals surface area contributed by atoms with Crippen molar-refractivity contribution in [3.63, 3.8) is 0 Å². The van der Waals surface area contributed by atoms with Crippen LogP contribution in [0.3, 0.4) is 0 Å². The molecule has 0 aliphatic carbocycles. The molecule has 0 bridgehead atoms. The smallest absolute Gasteiger partial charge is 0.251 e. The van der Waals surface area contributed by atoms with E-state index in [-0.39, 0.29) is 12.5 Å². The van der Waals surface area contributed by atoms with Gasteiger partial charge in [-0.3, -0.25) is 9.78 Å². The lowest BCUT2D eigenvalue weighted by molar-refractivity contribution is 0.0954. The minimum Gasteiger partial charge on any atom is -0.495 e. The van der Waals surface area contributed by atoms with E-state index < -0.39 is 5.95 Å². The van der Waals surface area contributed by atoms with Gasteiger partial charge in [-0.15, -0.1) is 0 Å². The molecule has 3 aromatic heterocycles. The Hall–Kier alpha value is -3.55. The fraction of sp³-hybridized carbons (Fsp3) is 0.238. The second-order valence-electron chi connectivity index (χ2n) is 6.08. The van der Waals surface area contributed by atoms with Crippen molar-refractivity contribution in [2.75, 3.05) is 20.3 Å². The summed E-state index contributed by atoms with van der Waals surface area (Å²) in [6, 6.07) is 8.46. The molecule has 29 heavy (non-hydrogen) atoms. The fourth-order valence-electron chi connectivity index (χ4n) is 2.67. The van der Waals surface area contributed by atoms with E-state index in [1.54, 1.807) is 36.7 Å². The second kappa shape index (κ2) is 9.59. The molecule has 0 atom stereocenters. The fourth-order valence-corrected chi connectivity index (χ4v) is 2.67. The number of methoxy groups -OCH3 is 1. The first-order valence-electron chi connectivity index (χ1n) is 9.12. The van der Waals surface area contributed by atoms with Gasteiger partial charge in [0.15, 0.2) is 0 Å². The molecule has 0 aromatic carbocycles. The number of ether oxygens (including phenoxy) is 2. The number of hydrogen-bond acceptors (Lipinski definition) is 6. The van der Waals surface area contributed by atoms with Gasteiger partial charge in [0.05, 0.1) is 25.6 Å². The minimum atomic E-state index is -0.575. The largest absolute Gasteiger partial charge is 0.495 e. The van der Waals surface area contributed by atoms with E-state index in [0.717, 1.165) is 5.56 Å². The zero-order chi connectivity index (χ0) is 20.6. The van der Waals surface area contributed by atoms with E-state index >= 15 is 0 Å². The van der Waals surface area contributed by atoms with Crippen LogP contribution in [0.25, 0.3) is 11.3 Å². The molecule has 0 unspecified atom stereocenters. The normalized spacial score (nSPS) is 10.4. The van der Waals surface area contributed by atoms with Crippen LogP contribution in [0.2, 0.25) is 0 Å². The number of amides is 1. The van der Waals surface area contributed by atoms with Gasteiger partial charge < -0.3 is 14.8 Å². The Balaban J connectivity index is 1.63. The molecule has 150 valence electrons. The van der Waals surface area contributed by atoms with Gasteiger partial charge in [-0.05, 0) is 37.6 Å². The summed E-state index contributed by atoms with van der Waals surface area (Å²) in [6.07, 6.45) is 4.81. The summed E-state index contributed by atoms with van der Waals surface area (Å²) in [5.74, 6) is 0.151. The van der Waals surface area contributed by atoms with Gasteiger partial charge in [0.25, 0.3) is 5.91 Å². The van der Waals surface area contributed by atoms with Crippen molar-refractivity contribution < 1.29 is 18.7 Å². The Morgan fingerprint density at radius 3 is 2.72 bits per heavy atom. The van der Waals surface area contributed by atoms with Crippen LogP contribution in [0.5, 0.6) is 11.6 Å². The molecule has 3 heterocycles. The van der Waals surface area contributed by atoms with Crippen LogP contribution in [0.1, 0.15) is 22.8 Å². The molecule has 7 nitrogen and oxygen atoms in total. The molecule has 0 aliphatic rings. The third-order valence-corrected chi connectivity index (χ3v) is 4.15. The number of carbonyl (C=O) groups excluding carboxylic acids is 1. The van der Waals surface area contributed by atoms with Crippen molar-refractivity contribution >= 4 is 5.91 Å². The number of nitrogens with one attached hydrogen (secondary N) is 1. The number of aromatic nitrogens is 3. The standard InChI is InChI=1S/C21H21FN4O3/c1-3-29-19-5-4-16(12-25-19)18-11-15(7-8-23-18)21(27)24-9-6-14-10-17(28-2)13-26-20(14)22/h4-5,7-8,10-13H,3,6,9H2,1-2H3,(H,24,27). The number of nitrogens with zero attached hydrogens (tertiary/aromatic N) is 3. The molecule has 0 aliphatic heterocycles. The average Bonchev–Trinajstić information content (AvgIpc) is 2.76. The molecule has 3 rings (SSSR count). The molecule has 0 radical (unpaired) electrons. The summed E-state index contributed by atoms with van der Waals surface area (Å²) >= 11 is 0. The van der Waals surface area contributed by atoms with Crippen molar-refractivity contribution in [3.8, 4) is 22.9 Å². The lowest BCUT2D eigenvalue weighted by Crippen LogP contribution is -2.26. The average molecular weight is 396 g/mol. The highest BCUT2D eigenvalue weighted by Gasteiger charge is 2.10. The highest BCUT2D eigenvalue weighted by Crippen LogP contribution is 2.19. The van der Waals surface area contributed by atoms with Crippen molar-refractivity contribution in [2.45, 2.75) is 13.3 Å². The Morgan fingerprint density at radius 1 is 1.14 bits per heavy atom. The van der Waals surface area contributed by atoms with E-state index in [1.165, 1.54) is 13.3 Å². The Morgan fingerprint density at radius 2 is 2.00 bits per heavy atom. The molecule has 1 N–H and O–H groups in total. The van der Waals surface area contributed by atoms with Gasteiger partial charge in [0.1, 0.15) is 5.75 Å². The molecule has 0 spiro atoms. The first-order valence-corrected chi connectivity index (χ1v) is 9.12. The van der Waals surface area contributed by atoms with E-state index in [0.29, 0.717) is 41.5 Å². The molecule has 0 saturated heterocycles. The van der Waals surface area contributed by atoms with E-state index in [2.05, 4.69) is 20.3 Å². The van der Waals surface area contributed by atoms with Gasteiger partial charge in [-0.1, -0.05) is 0 Å². The number of pyridine rings is 3. The van der Waals surface area contributed by atoms with Crippen molar-refractivity contribution in [1.82, 2.24) is 20.3 Å².